The molecule has 0 N–H and O–H groups in total. The minimum absolute atomic E-state index is 0.330. The van der Waals surface area contributed by atoms with E-state index >= 15 is 0 Å². The summed E-state index contributed by atoms with van der Waals surface area (Å²) in [6.07, 6.45) is 3.57. The Hall–Kier alpha value is -0.640. The third-order valence-electron chi connectivity index (χ3n) is 2.88. The highest BCUT2D eigenvalue weighted by molar-refractivity contribution is 9.10. The smallest absolute Gasteiger partial charge is 0.141 e. The van der Waals surface area contributed by atoms with E-state index in [1.807, 2.05) is 11.7 Å². The predicted molar refractivity (Wildman–Crippen MR) is 61.7 cm³/mol. The molecule has 1 fully saturated rings. The predicted octanol–water partition coefficient (Wildman–Crippen LogP) is 2.27. The van der Waals surface area contributed by atoms with Crippen LogP contribution in [0.3, 0.4) is 0 Å². The van der Waals surface area contributed by atoms with Gasteiger partial charge in [-0.2, -0.15) is 5.10 Å². The first kappa shape index (κ1) is 10.9. The number of rotatable bonds is 4. The van der Waals surface area contributed by atoms with Crippen LogP contribution in [0.2, 0.25) is 0 Å². The molecule has 0 atom stereocenters. The van der Waals surface area contributed by atoms with Gasteiger partial charge in [0.05, 0.1) is 15.9 Å². The van der Waals surface area contributed by atoms with Gasteiger partial charge in [0.2, 0.25) is 0 Å². The molecule has 1 aromatic heterocycles. The van der Waals surface area contributed by atoms with E-state index < -0.39 is 0 Å². The Morgan fingerprint density at radius 1 is 1.60 bits per heavy atom. The van der Waals surface area contributed by atoms with Gasteiger partial charge in [0, 0.05) is 19.4 Å². The molecule has 0 spiro atoms. The average molecular weight is 271 g/mol. The van der Waals surface area contributed by atoms with E-state index in [0.29, 0.717) is 18.1 Å². The normalized spacial score (nSPS) is 15.7. The van der Waals surface area contributed by atoms with Crippen molar-refractivity contribution in [2.45, 2.75) is 32.6 Å². The quantitative estimate of drug-likeness (QED) is 0.842. The SMILES string of the molecule is CCc1nn(C)c(CC(=O)C2CC2)c1Br. The highest BCUT2D eigenvalue weighted by Crippen LogP contribution is 2.32. The van der Waals surface area contributed by atoms with Gasteiger partial charge in [-0.05, 0) is 35.2 Å². The molecule has 15 heavy (non-hydrogen) atoms. The number of Topliss-reactive ketones (excluding diaryl/α,β-unsaturated/α-hetero) is 1. The van der Waals surface area contributed by atoms with Gasteiger partial charge in [0.15, 0.2) is 0 Å². The maximum absolute atomic E-state index is 11.7. The van der Waals surface area contributed by atoms with E-state index in [0.717, 1.165) is 35.1 Å². The van der Waals surface area contributed by atoms with Crippen molar-refractivity contribution in [1.29, 1.82) is 0 Å². The standard InChI is InChI=1S/C11H15BrN2O/c1-3-8-11(12)9(14(2)13-8)6-10(15)7-4-5-7/h7H,3-6H2,1-2H3. The van der Waals surface area contributed by atoms with Crippen LogP contribution in [0.25, 0.3) is 0 Å². The van der Waals surface area contributed by atoms with Crippen LogP contribution in [-0.4, -0.2) is 15.6 Å². The minimum atomic E-state index is 0.330. The van der Waals surface area contributed by atoms with E-state index in [-0.39, 0.29) is 0 Å². The van der Waals surface area contributed by atoms with Crippen molar-refractivity contribution in [3.8, 4) is 0 Å². The van der Waals surface area contributed by atoms with Crippen LogP contribution in [-0.2, 0) is 24.7 Å². The highest BCUT2D eigenvalue weighted by atomic mass is 79.9. The molecular formula is C11H15BrN2O. The zero-order chi connectivity index (χ0) is 11.0. The first-order valence-electron chi connectivity index (χ1n) is 5.36. The summed E-state index contributed by atoms with van der Waals surface area (Å²) in [6, 6.07) is 0. The fourth-order valence-corrected chi connectivity index (χ4v) is 2.48. The second kappa shape index (κ2) is 4.08. The van der Waals surface area contributed by atoms with E-state index in [2.05, 4.69) is 28.0 Å². The third kappa shape index (κ3) is 2.14. The maximum atomic E-state index is 11.7. The Kier molecular flexibility index (Phi) is 2.96. The van der Waals surface area contributed by atoms with E-state index in [1.54, 1.807) is 0 Å². The summed E-state index contributed by atoms with van der Waals surface area (Å²) < 4.78 is 2.84. The molecule has 0 radical (unpaired) electrons. The summed E-state index contributed by atoms with van der Waals surface area (Å²) >= 11 is 3.52. The van der Waals surface area contributed by atoms with Crippen LogP contribution in [0, 0.1) is 5.92 Å². The van der Waals surface area contributed by atoms with Crippen LogP contribution in [0.15, 0.2) is 4.47 Å². The molecule has 1 aromatic rings. The minimum Gasteiger partial charge on any atom is -0.299 e. The Morgan fingerprint density at radius 3 is 2.73 bits per heavy atom. The number of hydrogen-bond donors (Lipinski definition) is 0. The molecule has 1 saturated carbocycles. The van der Waals surface area contributed by atoms with Gasteiger partial charge < -0.3 is 0 Å². The third-order valence-corrected chi connectivity index (χ3v) is 3.79. The highest BCUT2D eigenvalue weighted by Gasteiger charge is 2.30. The van der Waals surface area contributed by atoms with Gasteiger partial charge in [0.1, 0.15) is 5.78 Å². The van der Waals surface area contributed by atoms with Crippen LogP contribution < -0.4 is 0 Å². The molecule has 0 aliphatic heterocycles. The van der Waals surface area contributed by atoms with Gasteiger partial charge in [0.25, 0.3) is 0 Å². The van der Waals surface area contributed by atoms with Crippen molar-refractivity contribution < 1.29 is 4.79 Å². The average Bonchev–Trinajstić information content (AvgIpc) is 3.00. The lowest BCUT2D eigenvalue weighted by atomic mass is 10.1. The molecule has 0 amide bonds. The molecule has 2 rings (SSSR count). The molecule has 0 unspecified atom stereocenters. The summed E-state index contributed by atoms with van der Waals surface area (Å²) in [5.41, 5.74) is 2.06. The van der Waals surface area contributed by atoms with Gasteiger partial charge in [-0.25, -0.2) is 0 Å². The fraction of sp³-hybridized carbons (Fsp3) is 0.636. The number of hydrogen-bond acceptors (Lipinski definition) is 2. The lowest BCUT2D eigenvalue weighted by molar-refractivity contribution is -0.119. The summed E-state index contributed by atoms with van der Waals surface area (Å²) in [5.74, 6) is 0.693. The number of halogens is 1. The Labute approximate surface area is 98.0 Å². The van der Waals surface area contributed by atoms with Crippen molar-refractivity contribution in [3.05, 3.63) is 15.9 Å². The number of ketones is 1. The van der Waals surface area contributed by atoms with Crippen molar-refractivity contribution >= 4 is 21.7 Å². The van der Waals surface area contributed by atoms with Crippen LogP contribution in [0.4, 0.5) is 0 Å². The summed E-state index contributed by atoms with van der Waals surface area (Å²) in [4.78, 5) is 11.7. The summed E-state index contributed by atoms with van der Waals surface area (Å²) in [7, 11) is 1.90. The maximum Gasteiger partial charge on any atom is 0.141 e. The molecular weight excluding hydrogens is 256 g/mol. The second-order valence-electron chi connectivity index (χ2n) is 4.10. The van der Waals surface area contributed by atoms with Crippen LogP contribution in [0.5, 0.6) is 0 Å². The number of aryl methyl sites for hydroxylation is 2. The van der Waals surface area contributed by atoms with Gasteiger partial charge in [-0.3, -0.25) is 9.48 Å². The Morgan fingerprint density at radius 2 is 2.27 bits per heavy atom. The topological polar surface area (TPSA) is 34.9 Å². The molecule has 0 bridgehead atoms. The van der Waals surface area contributed by atoms with Gasteiger partial charge in [-0.15, -0.1) is 0 Å². The van der Waals surface area contributed by atoms with Crippen molar-refractivity contribution in [3.63, 3.8) is 0 Å². The number of aromatic nitrogens is 2. The Balaban J connectivity index is 2.19. The van der Waals surface area contributed by atoms with Crippen molar-refractivity contribution in [2.75, 3.05) is 0 Å². The van der Waals surface area contributed by atoms with Crippen molar-refractivity contribution in [2.24, 2.45) is 13.0 Å². The number of carbonyl (C=O) groups excluding carboxylic acids is 1. The van der Waals surface area contributed by atoms with Crippen LogP contribution >= 0.6 is 15.9 Å². The molecule has 0 aromatic carbocycles. The first-order chi connectivity index (χ1) is 7.13. The van der Waals surface area contributed by atoms with Crippen LogP contribution in [0.1, 0.15) is 31.2 Å². The second-order valence-corrected chi connectivity index (χ2v) is 4.89. The number of nitrogens with zero attached hydrogens (tertiary/aromatic N) is 2. The fourth-order valence-electron chi connectivity index (χ4n) is 1.73. The molecule has 0 saturated heterocycles. The first-order valence-corrected chi connectivity index (χ1v) is 6.15. The summed E-state index contributed by atoms with van der Waals surface area (Å²) in [5, 5.41) is 4.38. The van der Waals surface area contributed by atoms with Gasteiger partial charge >= 0.3 is 0 Å². The summed E-state index contributed by atoms with van der Waals surface area (Å²) in [6.45, 7) is 2.07. The van der Waals surface area contributed by atoms with Gasteiger partial charge in [-0.1, -0.05) is 6.92 Å². The van der Waals surface area contributed by atoms with E-state index in [4.69, 9.17) is 0 Å². The lowest BCUT2D eigenvalue weighted by Crippen LogP contribution is -2.09. The van der Waals surface area contributed by atoms with E-state index in [1.165, 1.54) is 0 Å². The molecule has 1 heterocycles. The lowest BCUT2D eigenvalue weighted by Gasteiger charge is -2.01. The van der Waals surface area contributed by atoms with E-state index in [9.17, 15) is 4.79 Å². The molecule has 1 aliphatic carbocycles. The largest absolute Gasteiger partial charge is 0.299 e. The monoisotopic (exact) mass is 270 g/mol. The Bertz CT molecular complexity index is 394. The zero-order valence-corrected chi connectivity index (χ0v) is 10.7. The molecule has 3 nitrogen and oxygen atoms in total. The zero-order valence-electron chi connectivity index (χ0n) is 9.09. The molecule has 82 valence electrons. The van der Waals surface area contributed by atoms with Crippen molar-refractivity contribution in [1.82, 2.24) is 9.78 Å². The number of carbonyl (C=O) groups is 1. The molecule has 4 heteroatoms. The molecule has 1 aliphatic rings.